The lowest BCUT2D eigenvalue weighted by Gasteiger charge is -2.06. The van der Waals surface area contributed by atoms with E-state index in [2.05, 4.69) is 17.2 Å². The average Bonchev–Trinajstić information content (AvgIpc) is 2.39. The number of nitrogens with one attached hydrogen (secondary N) is 1. The Morgan fingerprint density at radius 3 is 2.94 bits per heavy atom. The number of fused-ring (bicyclic) bond motifs is 1. The van der Waals surface area contributed by atoms with Gasteiger partial charge in [-0.2, -0.15) is 0 Å². The third-order valence-corrected chi connectivity index (χ3v) is 2.88. The Morgan fingerprint density at radius 2 is 2.11 bits per heavy atom. The number of nitrogens with zero attached hydrogens (tertiary/aromatic N) is 1. The van der Waals surface area contributed by atoms with Crippen LogP contribution in [0.15, 0.2) is 36.5 Å². The van der Waals surface area contributed by atoms with Gasteiger partial charge in [0.05, 0.1) is 12.1 Å². The standard InChI is InChI=1S/C15H18N2O/c1-2-8-16-11-13(18)10-12-7-9-17-15-6-4-3-5-14(12)15/h3-7,9,16H,2,8,10-11H2,1H3. The molecule has 0 amide bonds. The third-order valence-electron chi connectivity index (χ3n) is 2.88. The molecule has 1 heterocycles. The first-order valence-electron chi connectivity index (χ1n) is 6.36. The predicted molar refractivity (Wildman–Crippen MR) is 73.6 cm³/mol. The van der Waals surface area contributed by atoms with Gasteiger partial charge in [0, 0.05) is 18.0 Å². The highest BCUT2D eigenvalue weighted by Crippen LogP contribution is 2.16. The van der Waals surface area contributed by atoms with Crippen LogP contribution in [0.4, 0.5) is 0 Å². The Kier molecular flexibility index (Phi) is 4.42. The second kappa shape index (κ2) is 6.26. The maximum absolute atomic E-state index is 11.8. The molecule has 0 aliphatic heterocycles. The Balaban J connectivity index is 2.09. The zero-order valence-electron chi connectivity index (χ0n) is 10.6. The molecule has 1 aromatic carbocycles. The van der Waals surface area contributed by atoms with E-state index in [9.17, 15) is 4.79 Å². The molecule has 0 spiro atoms. The molecule has 0 fully saturated rings. The van der Waals surface area contributed by atoms with Crippen LogP contribution in [0.2, 0.25) is 0 Å². The second-order valence-corrected chi connectivity index (χ2v) is 4.38. The van der Waals surface area contributed by atoms with E-state index >= 15 is 0 Å². The van der Waals surface area contributed by atoms with Crippen molar-refractivity contribution in [3.05, 3.63) is 42.1 Å². The molecule has 0 aliphatic rings. The van der Waals surface area contributed by atoms with Gasteiger partial charge in [0.1, 0.15) is 0 Å². The molecule has 0 saturated heterocycles. The van der Waals surface area contributed by atoms with Gasteiger partial charge >= 0.3 is 0 Å². The number of carbonyl (C=O) groups is 1. The summed E-state index contributed by atoms with van der Waals surface area (Å²) < 4.78 is 0. The molecule has 1 N–H and O–H groups in total. The summed E-state index contributed by atoms with van der Waals surface area (Å²) in [6, 6.07) is 9.86. The summed E-state index contributed by atoms with van der Waals surface area (Å²) in [5.74, 6) is 0.222. The summed E-state index contributed by atoms with van der Waals surface area (Å²) in [6.45, 7) is 3.43. The molecule has 3 heteroatoms. The van der Waals surface area contributed by atoms with Gasteiger partial charge in [0.25, 0.3) is 0 Å². The van der Waals surface area contributed by atoms with E-state index in [-0.39, 0.29) is 5.78 Å². The van der Waals surface area contributed by atoms with Crippen molar-refractivity contribution >= 4 is 16.7 Å². The number of benzene rings is 1. The Hall–Kier alpha value is -1.74. The number of para-hydroxylation sites is 1. The second-order valence-electron chi connectivity index (χ2n) is 4.38. The molecule has 0 saturated carbocycles. The van der Waals surface area contributed by atoms with Crippen LogP contribution >= 0.6 is 0 Å². The molecule has 2 aromatic rings. The molecule has 0 atom stereocenters. The van der Waals surface area contributed by atoms with Crippen LogP contribution in [0.3, 0.4) is 0 Å². The monoisotopic (exact) mass is 242 g/mol. The molecule has 2 rings (SSSR count). The zero-order valence-corrected chi connectivity index (χ0v) is 10.6. The zero-order chi connectivity index (χ0) is 12.8. The number of ketones is 1. The molecule has 0 aliphatic carbocycles. The average molecular weight is 242 g/mol. The number of aromatic nitrogens is 1. The van der Waals surface area contributed by atoms with E-state index in [1.807, 2.05) is 30.3 Å². The Labute approximate surface area is 107 Å². The summed E-state index contributed by atoms with van der Waals surface area (Å²) in [7, 11) is 0. The van der Waals surface area contributed by atoms with Crippen molar-refractivity contribution in [2.75, 3.05) is 13.1 Å². The first-order valence-corrected chi connectivity index (χ1v) is 6.36. The minimum atomic E-state index is 0.222. The van der Waals surface area contributed by atoms with Crippen LogP contribution in [-0.4, -0.2) is 23.9 Å². The molecule has 1 aromatic heterocycles. The summed E-state index contributed by atoms with van der Waals surface area (Å²) in [6.07, 6.45) is 3.29. The van der Waals surface area contributed by atoms with Crippen molar-refractivity contribution in [2.24, 2.45) is 0 Å². The van der Waals surface area contributed by atoms with Crippen molar-refractivity contribution in [3.8, 4) is 0 Å². The summed E-state index contributed by atoms with van der Waals surface area (Å²) in [5.41, 5.74) is 2.01. The fourth-order valence-electron chi connectivity index (χ4n) is 1.99. The maximum atomic E-state index is 11.8. The van der Waals surface area contributed by atoms with Gasteiger partial charge in [-0.15, -0.1) is 0 Å². The largest absolute Gasteiger partial charge is 0.310 e. The van der Waals surface area contributed by atoms with Gasteiger partial charge in [0.15, 0.2) is 5.78 Å². The number of carbonyl (C=O) groups excluding carboxylic acids is 1. The quantitative estimate of drug-likeness (QED) is 0.791. The number of Topliss-reactive ketones (excluding diaryl/α,β-unsaturated/α-hetero) is 1. The first kappa shape index (κ1) is 12.7. The minimum Gasteiger partial charge on any atom is -0.310 e. The molecule has 18 heavy (non-hydrogen) atoms. The van der Waals surface area contributed by atoms with Crippen molar-refractivity contribution in [1.29, 1.82) is 0 Å². The van der Waals surface area contributed by atoms with E-state index in [4.69, 9.17) is 0 Å². The predicted octanol–water partition coefficient (Wildman–Crippen LogP) is 2.35. The highest BCUT2D eigenvalue weighted by atomic mass is 16.1. The normalized spacial score (nSPS) is 10.7. The highest BCUT2D eigenvalue weighted by molar-refractivity contribution is 5.89. The van der Waals surface area contributed by atoms with Gasteiger partial charge < -0.3 is 5.32 Å². The van der Waals surface area contributed by atoms with E-state index in [0.29, 0.717) is 13.0 Å². The van der Waals surface area contributed by atoms with E-state index in [1.54, 1.807) is 6.20 Å². The lowest BCUT2D eigenvalue weighted by atomic mass is 10.0. The van der Waals surface area contributed by atoms with E-state index in [0.717, 1.165) is 29.4 Å². The molecule has 3 nitrogen and oxygen atoms in total. The number of pyridine rings is 1. The molecule has 94 valence electrons. The molecule has 0 bridgehead atoms. The van der Waals surface area contributed by atoms with Gasteiger partial charge in [-0.1, -0.05) is 25.1 Å². The van der Waals surface area contributed by atoms with Gasteiger partial charge in [-0.25, -0.2) is 0 Å². The smallest absolute Gasteiger partial charge is 0.150 e. The summed E-state index contributed by atoms with van der Waals surface area (Å²) in [5, 5.41) is 4.21. The van der Waals surface area contributed by atoms with Gasteiger partial charge in [-0.05, 0) is 30.7 Å². The minimum absolute atomic E-state index is 0.222. The third kappa shape index (κ3) is 3.14. The van der Waals surface area contributed by atoms with Crippen molar-refractivity contribution in [2.45, 2.75) is 19.8 Å². The van der Waals surface area contributed by atoms with Crippen LogP contribution in [0.25, 0.3) is 10.9 Å². The van der Waals surface area contributed by atoms with Crippen molar-refractivity contribution in [1.82, 2.24) is 10.3 Å². The van der Waals surface area contributed by atoms with Crippen LogP contribution in [0.5, 0.6) is 0 Å². The van der Waals surface area contributed by atoms with E-state index in [1.165, 1.54) is 0 Å². The SMILES string of the molecule is CCCNCC(=O)Cc1ccnc2ccccc12. The Morgan fingerprint density at radius 1 is 1.28 bits per heavy atom. The summed E-state index contributed by atoms with van der Waals surface area (Å²) >= 11 is 0. The van der Waals surface area contributed by atoms with Crippen LogP contribution < -0.4 is 5.32 Å². The Bertz CT molecular complexity index is 532. The van der Waals surface area contributed by atoms with Crippen molar-refractivity contribution in [3.63, 3.8) is 0 Å². The topological polar surface area (TPSA) is 42.0 Å². The molecule has 0 radical (unpaired) electrons. The lowest BCUT2D eigenvalue weighted by molar-refractivity contribution is -0.117. The lowest BCUT2D eigenvalue weighted by Crippen LogP contribution is -2.24. The van der Waals surface area contributed by atoms with Crippen LogP contribution in [0.1, 0.15) is 18.9 Å². The van der Waals surface area contributed by atoms with Crippen LogP contribution in [0, 0.1) is 0 Å². The van der Waals surface area contributed by atoms with Gasteiger partial charge in [-0.3, -0.25) is 9.78 Å². The molecule has 0 unspecified atom stereocenters. The first-order chi connectivity index (χ1) is 8.81. The van der Waals surface area contributed by atoms with Crippen LogP contribution in [-0.2, 0) is 11.2 Å². The number of hydrogen-bond donors (Lipinski definition) is 1. The fourth-order valence-corrected chi connectivity index (χ4v) is 1.99. The number of rotatable bonds is 6. The highest BCUT2D eigenvalue weighted by Gasteiger charge is 2.06. The van der Waals surface area contributed by atoms with Gasteiger partial charge in [0.2, 0.25) is 0 Å². The van der Waals surface area contributed by atoms with Crippen molar-refractivity contribution < 1.29 is 4.79 Å². The fraction of sp³-hybridized carbons (Fsp3) is 0.333. The summed E-state index contributed by atoms with van der Waals surface area (Å²) in [4.78, 5) is 16.1. The maximum Gasteiger partial charge on any atom is 0.150 e. The molecular formula is C15H18N2O. The molecular weight excluding hydrogens is 224 g/mol. The van der Waals surface area contributed by atoms with E-state index < -0.39 is 0 Å². The number of hydrogen-bond acceptors (Lipinski definition) is 3.